The number of sulfonamides is 1. The van der Waals surface area contributed by atoms with Gasteiger partial charge in [0.1, 0.15) is 22.2 Å². The summed E-state index contributed by atoms with van der Waals surface area (Å²) in [6.07, 6.45) is 0. The Labute approximate surface area is 122 Å². The van der Waals surface area contributed by atoms with Gasteiger partial charge in [-0.15, -0.1) is 0 Å². The van der Waals surface area contributed by atoms with Crippen LogP contribution >= 0.6 is 15.9 Å². The molecule has 2 aromatic rings. The van der Waals surface area contributed by atoms with Crippen molar-refractivity contribution in [2.24, 2.45) is 0 Å². The van der Waals surface area contributed by atoms with Gasteiger partial charge in [-0.2, -0.15) is 0 Å². The topological polar surface area (TPSA) is 72.2 Å². The summed E-state index contributed by atoms with van der Waals surface area (Å²) in [7, 11) is -4.14. The zero-order chi connectivity index (χ0) is 14.9. The molecule has 0 aliphatic carbocycles. The van der Waals surface area contributed by atoms with Crippen LogP contribution in [0.4, 0.5) is 20.2 Å². The lowest BCUT2D eigenvalue weighted by molar-refractivity contribution is 0.582. The zero-order valence-corrected chi connectivity index (χ0v) is 12.3. The molecule has 0 aliphatic heterocycles. The van der Waals surface area contributed by atoms with Crippen LogP contribution in [0.2, 0.25) is 0 Å². The Balaban J connectivity index is 2.46. The molecule has 8 heteroatoms. The van der Waals surface area contributed by atoms with Crippen LogP contribution in [-0.2, 0) is 10.0 Å². The van der Waals surface area contributed by atoms with Crippen LogP contribution in [0.25, 0.3) is 0 Å². The van der Waals surface area contributed by atoms with Gasteiger partial charge in [0, 0.05) is 10.2 Å². The number of para-hydroxylation sites is 1. The Hall–Kier alpha value is -1.67. The highest BCUT2D eigenvalue weighted by molar-refractivity contribution is 9.10. The number of nitrogens with one attached hydrogen (secondary N) is 1. The molecule has 2 rings (SSSR count). The van der Waals surface area contributed by atoms with Crippen molar-refractivity contribution in [1.29, 1.82) is 0 Å². The SMILES string of the molecule is Nc1ccc(S(=O)(=O)Nc2c(F)cccc2F)c(Br)c1. The molecule has 0 saturated carbocycles. The maximum absolute atomic E-state index is 13.5. The second-order valence-electron chi connectivity index (χ2n) is 3.89. The third kappa shape index (κ3) is 2.91. The van der Waals surface area contributed by atoms with Crippen molar-refractivity contribution in [2.75, 3.05) is 10.5 Å². The number of hydrogen-bond donors (Lipinski definition) is 2. The standard InChI is InChI=1S/C12H9BrF2N2O2S/c13-8-6-7(16)4-5-11(8)20(18,19)17-12-9(14)2-1-3-10(12)15/h1-6,17H,16H2. The van der Waals surface area contributed by atoms with Gasteiger partial charge in [-0.1, -0.05) is 6.07 Å². The lowest BCUT2D eigenvalue weighted by atomic mass is 10.3. The van der Waals surface area contributed by atoms with E-state index in [9.17, 15) is 17.2 Å². The lowest BCUT2D eigenvalue weighted by Gasteiger charge is -2.11. The minimum Gasteiger partial charge on any atom is -0.399 e. The average molecular weight is 363 g/mol. The molecule has 0 aliphatic rings. The zero-order valence-electron chi connectivity index (χ0n) is 9.90. The Morgan fingerprint density at radius 2 is 1.70 bits per heavy atom. The van der Waals surface area contributed by atoms with Crippen LogP contribution in [0.1, 0.15) is 0 Å². The molecule has 3 N–H and O–H groups in total. The van der Waals surface area contributed by atoms with Crippen LogP contribution in [0.3, 0.4) is 0 Å². The number of rotatable bonds is 3. The number of hydrogen-bond acceptors (Lipinski definition) is 3. The summed E-state index contributed by atoms with van der Waals surface area (Å²) in [5, 5.41) is 0. The first-order valence-corrected chi connectivity index (χ1v) is 7.61. The largest absolute Gasteiger partial charge is 0.399 e. The number of benzene rings is 2. The van der Waals surface area contributed by atoms with E-state index in [0.717, 1.165) is 18.2 Å². The molecule has 0 fully saturated rings. The van der Waals surface area contributed by atoms with E-state index in [0.29, 0.717) is 5.69 Å². The van der Waals surface area contributed by atoms with Crippen LogP contribution in [0.15, 0.2) is 45.8 Å². The van der Waals surface area contributed by atoms with Crippen molar-refractivity contribution < 1.29 is 17.2 Å². The number of halogens is 3. The molecule has 0 heterocycles. The van der Waals surface area contributed by atoms with Crippen LogP contribution < -0.4 is 10.5 Å². The van der Waals surface area contributed by atoms with E-state index in [1.54, 1.807) is 0 Å². The van der Waals surface area contributed by atoms with Crippen molar-refractivity contribution in [3.05, 3.63) is 52.5 Å². The summed E-state index contributed by atoms with van der Waals surface area (Å²) in [6.45, 7) is 0. The van der Waals surface area contributed by atoms with E-state index in [4.69, 9.17) is 5.73 Å². The third-order valence-corrected chi connectivity index (χ3v) is 4.77. The molecule has 0 spiro atoms. The molecule has 0 bridgehead atoms. The van der Waals surface area contributed by atoms with E-state index in [1.807, 2.05) is 4.72 Å². The van der Waals surface area contributed by atoms with Gasteiger partial charge in [-0.3, -0.25) is 4.72 Å². The molecular weight excluding hydrogens is 354 g/mol. The molecule has 106 valence electrons. The third-order valence-electron chi connectivity index (χ3n) is 2.44. The number of anilines is 2. The summed E-state index contributed by atoms with van der Waals surface area (Å²) in [4.78, 5) is -0.172. The fourth-order valence-corrected chi connectivity index (χ4v) is 3.69. The fraction of sp³-hybridized carbons (Fsp3) is 0. The van der Waals surface area contributed by atoms with E-state index < -0.39 is 27.3 Å². The van der Waals surface area contributed by atoms with Gasteiger partial charge in [0.25, 0.3) is 10.0 Å². The van der Waals surface area contributed by atoms with Gasteiger partial charge >= 0.3 is 0 Å². The Morgan fingerprint density at radius 1 is 1.10 bits per heavy atom. The smallest absolute Gasteiger partial charge is 0.263 e. The van der Waals surface area contributed by atoms with Gasteiger partial charge < -0.3 is 5.73 Å². The van der Waals surface area contributed by atoms with Crippen LogP contribution in [0, 0.1) is 11.6 Å². The normalized spacial score (nSPS) is 11.3. The summed E-state index contributed by atoms with van der Waals surface area (Å²) >= 11 is 3.05. The fourth-order valence-electron chi connectivity index (χ4n) is 1.52. The van der Waals surface area contributed by atoms with Gasteiger partial charge in [-0.25, -0.2) is 17.2 Å². The maximum atomic E-state index is 13.5. The van der Waals surface area contributed by atoms with Crippen molar-refractivity contribution in [3.63, 3.8) is 0 Å². The minimum absolute atomic E-state index is 0.172. The number of nitrogens with two attached hydrogens (primary N) is 1. The summed E-state index contributed by atoms with van der Waals surface area (Å²) in [5.41, 5.74) is 5.14. The van der Waals surface area contributed by atoms with Gasteiger partial charge in [0.15, 0.2) is 0 Å². The molecule has 0 amide bonds. The first-order valence-electron chi connectivity index (χ1n) is 5.33. The molecule has 4 nitrogen and oxygen atoms in total. The average Bonchev–Trinajstić information content (AvgIpc) is 2.33. The molecule has 0 radical (unpaired) electrons. The molecule has 2 aromatic carbocycles. The quantitative estimate of drug-likeness (QED) is 0.824. The van der Waals surface area contributed by atoms with Crippen LogP contribution in [0.5, 0.6) is 0 Å². The molecule has 0 saturated heterocycles. The second-order valence-corrected chi connectivity index (χ2v) is 6.40. The monoisotopic (exact) mass is 362 g/mol. The molecular formula is C12H9BrF2N2O2S. The highest BCUT2D eigenvalue weighted by Crippen LogP contribution is 2.28. The van der Waals surface area contributed by atoms with Crippen molar-refractivity contribution >= 4 is 37.3 Å². The van der Waals surface area contributed by atoms with Gasteiger partial charge in [0.05, 0.1) is 0 Å². The van der Waals surface area contributed by atoms with E-state index >= 15 is 0 Å². The Kier molecular flexibility index (Phi) is 3.96. The van der Waals surface area contributed by atoms with E-state index in [1.165, 1.54) is 18.2 Å². The van der Waals surface area contributed by atoms with Gasteiger partial charge in [0.2, 0.25) is 0 Å². The predicted molar refractivity (Wildman–Crippen MR) is 75.7 cm³/mol. The highest BCUT2D eigenvalue weighted by Gasteiger charge is 2.21. The Bertz CT molecular complexity index is 746. The van der Waals surface area contributed by atoms with Crippen molar-refractivity contribution in [2.45, 2.75) is 4.90 Å². The second kappa shape index (κ2) is 5.37. The molecule has 0 atom stereocenters. The lowest BCUT2D eigenvalue weighted by Crippen LogP contribution is -2.15. The summed E-state index contributed by atoms with van der Waals surface area (Å²) in [5.74, 6) is -2.00. The predicted octanol–water partition coefficient (Wildman–Crippen LogP) is 3.11. The molecule has 0 aromatic heterocycles. The van der Waals surface area contributed by atoms with Gasteiger partial charge in [-0.05, 0) is 46.3 Å². The van der Waals surface area contributed by atoms with E-state index in [-0.39, 0.29) is 9.37 Å². The summed E-state index contributed by atoms with van der Waals surface area (Å²) in [6, 6.07) is 7.04. The van der Waals surface area contributed by atoms with Crippen molar-refractivity contribution in [3.8, 4) is 0 Å². The molecule has 20 heavy (non-hydrogen) atoms. The first-order chi connectivity index (χ1) is 9.31. The molecule has 0 unspecified atom stereocenters. The summed E-state index contributed by atoms with van der Waals surface area (Å²) < 4.78 is 53.2. The Morgan fingerprint density at radius 3 is 2.25 bits per heavy atom. The number of nitrogen functional groups attached to an aromatic ring is 1. The highest BCUT2D eigenvalue weighted by atomic mass is 79.9. The van der Waals surface area contributed by atoms with Crippen LogP contribution in [-0.4, -0.2) is 8.42 Å². The first kappa shape index (κ1) is 14.7. The van der Waals surface area contributed by atoms with Crippen molar-refractivity contribution in [1.82, 2.24) is 0 Å². The van der Waals surface area contributed by atoms with E-state index in [2.05, 4.69) is 15.9 Å². The minimum atomic E-state index is -4.14. The maximum Gasteiger partial charge on any atom is 0.263 e.